The summed E-state index contributed by atoms with van der Waals surface area (Å²) in [5.41, 5.74) is 3.94. The fraction of sp³-hybridized carbons (Fsp3) is 0.400. The molecule has 0 saturated heterocycles. The zero-order chi connectivity index (χ0) is 11.6. The van der Waals surface area contributed by atoms with Gasteiger partial charge in [0.05, 0.1) is 12.1 Å². The average molecular weight is 232 g/mol. The number of halogens is 1. The number of methoxy groups -OCH3 is 1. The summed E-state index contributed by atoms with van der Waals surface area (Å²) in [5, 5.41) is 19.1. The van der Waals surface area contributed by atoms with E-state index in [4.69, 9.17) is 21.5 Å². The molecule has 4 nitrogen and oxygen atoms in total. The van der Waals surface area contributed by atoms with Crippen molar-refractivity contribution in [3.63, 3.8) is 0 Å². The van der Waals surface area contributed by atoms with Crippen LogP contribution in [0.15, 0.2) is 0 Å². The summed E-state index contributed by atoms with van der Waals surface area (Å²) in [4.78, 5) is 0. The van der Waals surface area contributed by atoms with E-state index in [2.05, 4.69) is 0 Å². The van der Waals surface area contributed by atoms with Gasteiger partial charge < -0.3 is 15.1 Å². The van der Waals surface area contributed by atoms with Crippen LogP contribution in [0, 0.1) is 13.8 Å². The van der Waals surface area contributed by atoms with Crippen LogP contribution in [0.3, 0.4) is 0 Å². The van der Waals surface area contributed by atoms with E-state index in [1.165, 1.54) is 7.11 Å². The Hall–Kier alpha value is -0.970. The SMILES string of the molecule is COc1c(C)c(Cl)c(C)c(CNO)c1O. The molecule has 15 heavy (non-hydrogen) atoms. The number of phenolic OH excluding ortho intramolecular Hbond substituents is 1. The van der Waals surface area contributed by atoms with Gasteiger partial charge in [-0.25, -0.2) is 5.48 Å². The van der Waals surface area contributed by atoms with E-state index in [1.54, 1.807) is 13.8 Å². The van der Waals surface area contributed by atoms with E-state index in [0.29, 0.717) is 21.9 Å². The summed E-state index contributed by atoms with van der Waals surface area (Å²) in [6.45, 7) is 3.67. The molecule has 1 rings (SSSR count). The summed E-state index contributed by atoms with van der Waals surface area (Å²) in [7, 11) is 1.46. The van der Waals surface area contributed by atoms with Crippen molar-refractivity contribution in [1.82, 2.24) is 5.48 Å². The van der Waals surface area contributed by atoms with Gasteiger partial charge in [0.25, 0.3) is 0 Å². The molecule has 0 saturated carbocycles. The number of rotatable bonds is 3. The second kappa shape index (κ2) is 4.70. The van der Waals surface area contributed by atoms with Crippen LogP contribution in [0.1, 0.15) is 16.7 Å². The Bertz CT molecular complexity index is 380. The second-order valence-electron chi connectivity index (χ2n) is 3.26. The molecule has 0 fully saturated rings. The maximum atomic E-state index is 9.87. The molecule has 84 valence electrons. The van der Waals surface area contributed by atoms with Gasteiger partial charge in [-0.2, -0.15) is 0 Å². The molecule has 0 spiro atoms. The first-order valence-corrected chi connectivity index (χ1v) is 4.83. The summed E-state index contributed by atoms with van der Waals surface area (Å²) in [6, 6.07) is 0. The van der Waals surface area contributed by atoms with E-state index in [9.17, 15) is 5.11 Å². The third kappa shape index (κ3) is 2.02. The molecular formula is C10H14ClNO3. The Labute approximate surface area is 93.4 Å². The minimum absolute atomic E-state index is 0.0125. The number of hydrogen-bond acceptors (Lipinski definition) is 4. The minimum atomic E-state index is 0.0125. The maximum Gasteiger partial charge on any atom is 0.165 e. The Morgan fingerprint density at radius 1 is 1.33 bits per heavy atom. The first kappa shape index (κ1) is 12.1. The van der Waals surface area contributed by atoms with Gasteiger partial charge in [0.1, 0.15) is 0 Å². The Morgan fingerprint density at radius 2 is 1.93 bits per heavy atom. The smallest absolute Gasteiger partial charge is 0.165 e. The van der Waals surface area contributed by atoms with Gasteiger partial charge in [0, 0.05) is 17.7 Å². The Balaban J connectivity index is 3.45. The van der Waals surface area contributed by atoms with Crippen LogP contribution in [0.4, 0.5) is 0 Å². The van der Waals surface area contributed by atoms with E-state index < -0.39 is 0 Å². The zero-order valence-corrected chi connectivity index (χ0v) is 9.64. The maximum absolute atomic E-state index is 9.87. The van der Waals surface area contributed by atoms with Gasteiger partial charge in [-0.3, -0.25) is 0 Å². The number of hydrogen-bond donors (Lipinski definition) is 3. The van der Waals surface area contributed by atoms with Crippen molar-refractivity contribution >= 4 is 11.6 Å². The molecule has 0 amide bonds. The molecule has 0 atom stereocenters. The third-order valence-electron chi connectivity index (χ3n) is 2.41. The van der Waals surface area contributed by atoms with Crippen molar-refractivity contribution in [2.75, 3.05) is 7.11 Å². The number of aromatic hydroxyl groups is 1. The zero-order valence-electron chi connectivity index (χ0n) is 8.89. The van der Waals surface area contributed by atoms with E-state index >= 15 is 0 Å². The van der Waals surface area contributed by atoms with Crippen molar-refractivity contribution < 1.29 is 15.1 Å². The van der Waals surface area contributed by atoms with Crippen LogP contribution in [-0.2, 0) is 6.54 Å². The lowest BCUT2D eigenvalue weighted by atomic mass is 10.0. The molecule has 0 heterocycles. The molecule has 1 aromatic rings. The predicted molar refractivity (Wildman–Crippen MR) is 57.8 cm³/mol. The van der Waals surface area contributed by atoms with Crippen LogP contribution in [0.2, 0.25) is 5.02 Å². The normalized spacial score (nSPS) is 10.5. The first-order valence-electron chi connectivity index (χ1n) is 4.46. The molecule has 0 radical (unpaired) electrons. The predicted octanol–water partition coefficient (Wildman–Crippen LogP) is 2.15. The van der Waals surface area contributed by atoms with Crippen molar-refractivity contribution in [1.29, 1.82) is 0 Å². The number of hydroxylamine groups is 1. The summed E-state index contributed by atoms with van der Waals surface area (Å²) < 4.78 is 5.05. The molecule has 1 aromatic carbocycles. The van der Waals surface area contributed by atoms with Crippen molar-refractivity contribution in [3.05, 3.63) is 21.7 Å². The van der Waals surface area contributed by atoms with Gasteiger partial charge in [-0.15, -0.1) is 0 Å². The largest absolute Gasteiger partial charge is 0.504 e. The van der Waals surface area contributed by atoms with Crippen LogP contribution >= 0.6 is 11.6 Å². The van der Waals surface area contributed by atoms with Gasteiger partial charge in [-0.05, 0) is 19.4 Å². The molecular weight excluding hydrogens is 218 g/mol. The molecule has 3 N–H and O–H groups in total. The number of benzene rings is 1. The highest BCUT2D eigenvalue weighted by atomic mass is 35.5. The highest BCUT2D eigenvalue weighted by Crippen LogP contribution is 2.40. The Kier molecular flexibility index (Phi) is 3.79. The second-order valence-corrected chi connectivity index (χ2v) is 3.64. The molecule has 0 aliphatic rings. The summed E-state index contributed by atoms with van der Waals surface area (Å²) in [5.74, 6) is 0.356. The quantitative estimate of drug-likeness (QED) is 0.698. The lowest BCUT2D eigenvalue weighted by Crippen LogP contribution is -2.09. The monoisotopic (exact) mass is 231 g/mol. The van der Waals surface area contributed by atoms with E-state index in [0.717, 1.165) is 5.56 Å². The fourth-order valence-electron chi connectivity index (χ4n) is 1.55. The molecule has 0 aliphatic heterocycles. The topological polar surface area (TPSA) is 61.7 Å². The first-order chi connectivity index (χ1) is 7.04. The highest BCUT2D eigenvalue weighted by Gasteiger charge is 2.18. The van der Waals surface area contributed by atoms with Crippen LogP contribution < -0.4 is 10.2 Å². The molecule has 0 aliphatic carbocycles. The highest BCUT2D eigenvalue weighted by molar-refractivity contribution is 6.32. The molecule has 0 aromatic heterocycles. The molecule has 0 bridgehead atoms. The van der Waals surface area contributed by atoms with Gasteiger partial charge in [0.15, 0.2) is 11.5 Å². The molecule has 0 unspecified atom stereocenters. The van der Waals surface area contributed by atoms with Crippen molar-refractivity contribution in [2.45, 2.75) is 20.4 Å². The van der Waals surface area contributed by atoms with Gasteiger partial charge in [-0.1, -0.05) is 11.6 Å². The lowest BCUT2D eigenvalue weighted by Gasteiger charge is -2.16. The van der Waals surface area contributed by atoms with E-state index in [-0.39, 0.29) is 12.3 Å². The lowest BCUT2D eigenvalue weighted by molar-refractivity contribution is 0.159. The van der Waals surface area contributed by atoms with Crippen LogP contribution in [0.5, 0.6) is 11.5 Å². The Morgan fingerprint density at radius 3 is 2.40 bits per heavy atom. The number of nitrogens with one attached hydrogen (secondary N) is 1. The van der Waals surface area contributed by atoms with Crippen LogP contribution in [0.25, 0.3) is 0 Å². The molecule has 5 heteroatoms. The summed E-state index contributed by atoms with van der Waals surface area (Å²) >= 11 is 6.07. The van der Waals surface area contributed by atoms with Crippen molar-refractivity contribution in [3.8, 4) is 11.5 Å². The van der Waals surface area contributed by atoms with E-state index in [1.807, 2.05) is 5.48 Å². The number of ether oxygens (including phenoxy) is 1. The minimum Gasteiger partial charge on any atom is -0.504 e. The average Bonchev–Trinajstić information content (AvgIpc) is 2.22. The van der Waals surface area contributed by atoms with Crippen LogP contribution in [-0.4, -0.2) is 17.4 Å². The van der Waals surface area contributed by atoms with Gasteiger partial charge in [0.2, 0.25) is 0 Å². The standard InChI is InChI=1S/C10H14ClNO3/c1-5-7(4-12-14)9(13)10(15-3)6(2)8(5)11/h12-14H,4H2,1-3H3. The number of phenols is 1. The van der Waals surface area contributed by atoms with Gasteiger partial charge >= 0.3 is 0 Å². The van der Waals surface area contributed by atoms with Crippen molar-refractivity contribution in [2.24, 2.45) is 0 Å². The third-order valence-corrected chi connectivity index (χ3v) is 2.98. The summed E-state index contributed by atoms with van der Waals surface area (Å²) in [6.07, 6.45) is 0. The fourth-order valence-corrected chi connectivity index (χ4v) is 1.75.